The van der Waals surface area contributed by atoms with Crippen LogP contribution < -0.4 is 14.9 Å². The van der Waals surface area contributed by atoms with Crippen molar-refractivity contribution in [2.24, 2.45) is 4.99 Å². The minimum absolute atomic E-state index is 0.144. The lowest BCUT2D eigenvalue weighted by Gasteiger charge is -2.30. The first kappa shape index (κ1) is 21.5. The third-order valence-corrected chi connectivity index (χ3v) is 7.85. The fraction of sp³-hybridized carbons (Fsp3) is 0.111. The molecule has 1 aliphatic carbocycles. The average molecular weight is 507 g/mol. The van der Waals surface area contributed by atoms with Gasteiger partial charge < -0.3 is 0 Å². The van der Waals surface area contributed by atoms with E-state index in [1.54, 1.807) is 41.0 Å². The largest absolute Gasteiger partial charge is 0.272 e. The number of nitrogens with zero attached hydrogens (tertiary/aromatic N) is 2. The van der Waals surface area contributed by atoms with Crippen LogP contribution in [0.15, 0.2) is 82.1 Å². The molecule has 168 valence electrons. The summed E-state index contributed by atoms with van der Waals surface area (Å²) < 4.78 is 16.0. The van der Waals surface area contributed by atoms with Crippen LogP contribution in [0.3, 0.4) is 0 Å². The van der Waals surface area contributed by atoms with E-state index in [9.17, 15) is 9.18 Å². The normalized spacial score (nSPS) is 17.1. The van der Waals surface area contributed by atoms with Gasteiger partial charge in [-0.2, -0.15) is 0 Å². The van der Waals surface area contributed by atoms with E-state index in [0.717, 1.165) is 35.2 Å². The van der Waals surface area contributed by atoms with Gasteiger partial charge in [0.2, 0.25) is 0 Å². The molecule has 34 heavy (non-hydrogen) atoms. The average Bonchev–Trinajstić information content (AvgIpc) is 3.15. The number of rotatable bonds is 2. The Morgan fingerprint density at radius 3 is 2.62 bits per heavy atom. The van der Waals surface area contributed by atoms with E-state index in [1.807, 2.05) is 12.1 Å². The third-order valence-electron chi connectivity index (χ3n) is 6.31. The van der Waals surface area contributed by atoms with Crippen LogP contribution in [0.2, 0.25) is 10.0 Å². The van der Waals surface area contributed by atoms with Crippen molar-refractivity contribution in [2.75, 3.05) is 0 Å². The van der Waals surface area contributed by atoms with Crippen molar-refractivity contribution in [1.82, 2.24) is 4.57 Å². The van der Waals surface area contributed by atoms with Crippen LogP contribution in [0.5, 0.6) is 0 Å². The van der Waals surface area contributed by atoms with Gasteiger partial charge in [-0.25, -0.2) is 9.38 Å². The Morgan fingerprint density at radius 2 is 1.82 bits per heavy atom. The van der Waals surface area contributed by atoms with E-state index in [1.165, 1.54) is 29.0 Å². The summed E-state index contributed by atoms with van der Waals surface area (Å²) in [5.41, 5.74) is 5.75. The van der Waals surface area contributed by atoms with E-state index < -0.39 is 0 Å². The number of allylic oxidation sites excluding steroid dienone is 1. The maximum atomic E-state index is 13.7. The van der Waals surface area contributed by atoms with Crippen molar-refractivity contribution in [3.63, 3.8) is 0 Å². The molecule has 7 heteroatoms. The number of halogens is 3. The molecule has 1 aliphatic heterocycles. The number of hydrogen-bond acceptors (Lipinski definition) is 3. The molecule has 0 amide bonds. The highest BCUT2D eigenvalue weighted by Crippen LogP contribution is 2.41. The molecular weight excluding hydrogens is 490 g/mol. The van der Waals surface area contributed by atoms with Crippen LogP contribution in [0.4, 0.5) is 4.39 Å². The van der Waals surface area contributed by atoms with Crippen molar-refractivity contribution >= 4 is 46.3 Å². The number of fused-ring (bicyclic) bond motifs is 3. The molecule has 0 radical (unpaired) electrons. The number of benzene rings is 3. The van der Waals surface area contributed by atoms with Crippen LogP contribution in [-0.2, 0) is 6.42 Å². The van der Waals surface area contributed by atoms with E-state index in [-0.39, 0.29) is 17.4 Å². The zero-order valence-electron chi connectivity index (χ0n) is 17.8. The number of hydrogen-bond donors (Lipinski definition) is 0. The summed E-state index contributed by atoms with van der Waals surface area (Å²) in [6.07, 6.45) is 3.43. The zero-order chi connectivity index (χ0) is 23.4. The molecule has 3 nitrogen and oxygen atoms in total. The summed E-state index contributed by atoms with van der Waals surface area (Å²) in [5, 5.41) is 1.01. The highest BCUT2D eigenvalue weighted by Gasteiger charge is 2.32. The van der Waals surface area contributed by atoms with Gasteiger partial charge in [0.1, 0.15) is 5.82 Å². The van der Waals surface area contributed by atoms with Gasteiger partial charge in [-0.1, -0.05) is 77.0 Å². The second kappa shape index (κ2) is 8.35. The molecule has 0 spiro atoms. The van der Waals surface area contributed by atoms with Gasteiger partial charge in [0.15, 0.2) is 4.80 Å². The quantitative estimate of drug-likeness (QED) is 0.340. The molecule has 0 N–H and O–H groups in total. The first-order valence-electron chi connectivity index (χ1n) is 10.8. The Balaban J connectivity index is 1.63. The highest BCUT2D eigenvalue weighted by molar-refractivity contribution is 7.07. The van der Waals surface area contributed by atoms with Crippen molar-refractivity contribution < 1.29 is 4.39 Å². The van der Waals surface area contributed by atoms with Crippen molar-refractivity contribution in [2.45, 2.75) is 18.9 Å². The molecule has 0 bridgehead atoms. The molecule has 0 saturated carbocycles. The van der Waals surface area contributed by atoms with Crippen LogP contribution in [0, 0.1) is 5.82 Å². The Bertz CT molecular complexity index is 1670. The molecule has 6 rings (SSSR count). The molecule has 1 aromatic heterocycles. The summed E-state index contributed by atoms with van der Waals surface area (Å²) in [4.78, 5) is 19.3. The number of aromatic nitrogens is 1. The fourth-order valence-electron chi connectivity index (χ4n) is 4.73. The lowest BCUT2D eigenvalue weighted by molar-refractivity contribution is 0.581. The molecule has 3 aromatic carbocycles. The van der Waals surface area contributed by atoms with Crippen molar-refractivity contribution in [3.8, 4) is 0 Å². The summed E-state index contributed by atoms with van der Waals surface area (Å²) >= 11 is 13.7. The standard InChI is InChI=1S/C27H17Cl2FN2OS/c28-18-9-5-17(22(29)14-18)13-23-26(33)32-25(16-6-10-19(30)11-7-16)21-12-8-15-3-1-2-4-20(15)24(21)31-27(32)34-23/h1-7,9-11,13-14,25H,8,12H2/b23-13+/t25-/m1/s1. The van der Waals surface area contributed by atoms with Crippen LogP contribution in [-0.4, -0.2) is 4.57 Å². The van der Waals surface area contributed by atoms with Gasteiger partial charge in [-0.3, -0.25) is 9.36 Å². The van der Waals surface area contributed by atoms with E-state index in [0.29, 0.717) is 24.9 Å². The van der Waals surface area contributed by atoms with Gasteiger partial charge in [-0.05, 0) is 65.4 Å². The smallest absolute Gasteiger partial charge is 0.271 e. The molecule has 4 aromatic rings. The van der Waals surface area contributed by atoms with Gasteiger partial charge in [0.25, 0.3) is 5.56 Å². The van der Waals surface area contributed by atoms with Gasteiger partial charge in [0, 0.05) is 15.6 Å². The Hall–Kier alpha value is -2.99. The maximum absolute atomic E-state index is 13.7. The highest BCUT2D eigenvalue weighted by atomic mass is 35.5. The maximum Gasteiger partial charge on any atom is 0.271 e. The second-order valence-electron chi connectivity index (χ2n) is 8.33. The van der Waals surface area contributed by atoms with Gasteiger partial charge in [-0.15, -0.1) is 0 Å². The van der Waals surface area contributed by atoms with Gasteiger partial charge >= 0.3 is 0 Å². The van der Waals surface area contributed by atoms with E-state index in [4.69, 9.17) is 28.2 Å². The molecule has 2 heterocycles. The molecule has 1 atom stereocenters. The summed E-state index contributed by atoms with van der Waals surface area (Å²) in [5.74, 6) is -0.309. The molecule has 0 fully saturated rings. The Kier molecular flexibility index (Phi) is 5.29. The summed E-state index contributed by atoms with van der Waals surface area (Å²) in [6, 6.07) is 19.5. The topological polar surface area (TPSA) is 34.4 Å². The summed E-state index contributed by atoms with van der Waals surface area (Å²) in [7, 11) is 0. The molecular formula is C27H17Cl2FN2OS. The van der Waals surface area contributed by atoms with Gasteiger partial charge in [0.05, 0.1) is 16.3 Å². The molecule has 0 unspecified atom stereocenters. The Labute approximate surface area is 208 Å². The first-order chi connectivity index (χ1) is 16.5. The second-order valence-corrected chi connectivity index (χ2v) is 10.2. The monoisotopic (exact) mass is 506 g/mol. The lowest BCUT2D eigenvalue weighted by Crippen LogP contribution is -2.38. The number of aryl methyl sites for hydroxylation is 1. The third kappa shape index (κ3) is 3.56. The Morgan fingerprint density at radius 1 is 1.03 bits per heavy atom. The predicted octanol–water partition coefficient (Wildman–Crippen LogP) is 5.76. The minimum Gasteiger partial charge on any atom is -0.272 e. The molecule has 0 saturated heterocycles. The molecule has 2 aliphatic rings. The predicted molar refractivity (Wildman–Crippen MR) is 136 cm³/mol. The van der Waals surface area contributed by atoms with Crippen molar-refractivity contribution in [1.29, 1.82) is 0 Å². The van der Waals surface area contributed by atoms with Crippen LogP contribution >= 0.6 is 34.5 Å². The van der Waals surface area contributed by atoms with E-state index in [2.05, 4.69) is 12.1 Å². The fourth-order valence-corrected chi connectivity index (χ4v) is 6.18. The number of thiazole rings is 1. The zero-order valence-corrected chi connectivity index (χ0v) is 20.1. The first-order valence-corrected chi connectivity index (χ1v) is 12.4. The van der Waals surface area contributed by atoms with Crippen LogP contribution in [0.1, 0.15) is 34.7 Å². The van der Waals surface area contributed by atoms with Crippen LogP contribution in [0.25, 0.3) is 11.8 Å². The summed E-state index contributed by atoms with van der Waals surface area (Å²) in [6.45, 7) is 0. The van der Waals surface area contributed by atoms with Crippen molar-refractivity contribution in [3.05, 3.63) is 130 Å². The SMILES string of the molecule is O=c1/c(=C\c2ccc(Cl)cc2Cl)sc2n1[C@H](c1ccc(F)cc1)C1=C(N=2)c2ccccc2CC1. The minimum atomic E-state index is -0.344. The van der Waals surface area contributed by atoms with E-state index >= 15 is 0 Å². The lowest BCUT2D eigenvalue weighted by atomic mass is 9.83.